The lowest BCUT2D eigenvalue weighted by molar-refractivity contribution is -0.136. The van der Waals surface area contributed by atoms with Crippen molar-refractivity contribution in [3.63, 3.8) is 0 Å². The van der Waals surface area contributed by atoms with E-state index in [-0.39, 0.29) is 18.2 Å². The smallest absolute Gasteiger partial charge is 0.255 e. The SMILES string of the molecule is O=Cc1ccc(N2CCC(N3CC(C#Cc4ccc5c(c4)CN(C4CCC(=O)NC4=O)C5=O)C3)CC2)cc1. The van der Waals surface area contributed by atoms with Crippen LogP contribution in [0.4, 0.5) is 5.69 Å². The fourth-order valence-corrected chi connectivity index (χ4v) is 5.99. The predicted octanol–water partition coefficient (Wildman–Crippen LogP) is 2.21. The second kappa shape index (κ2) is 10.1. The Morgan fingerprint density at radius 2 is 1.71 bits per heavy atom. The first kappa shape index (κ1) is 24.4. The zero-order chi connectivity index (χ0) is 26.2. The molecule has 8 heteroatoms. The standard InChI is InChI=1S/C30H30N4O4/c35-19-21-3-6-24(7-4-21)32-13-11-25(12-14-32)33-16-22(17-33)2-1-20-5-8-26-23(15-20)18-34(30(26)38)27-9-10-28(36)31-29(27)37/h3-8,15,19,22,25,27H,9-14,16-18H2,(H,31,36,37). The number of hydrogen-bond donors (Lipinski definition) is 1. The van der Waals surface area contributed by atoms with Gasteiger partial charge in [-0.25, -0.2) is 0 Å². The van der Waals surface area contributed by atoms with Crippen molar-refractivity contribution in [2.24, 2.45) is 5.92 Å². The van der Waals surface area contributed by atoms with Crippen LogP contribution in [0.1, 0.15) is 57.5 Å². The topological polar surface area (TPSA) is 90.0 Å². The quantitative estimate of drug-likeness (QED) is 0.386. The lowest BCUT2D eigenvalue weighted by Crippen LogP contribution is -2.54. The molecule has 6 rings (SSSR count). The minimum Gasteiger partial charge on any atom is -0.371 e. The zero-order valence-electron chi connectivity index (χ0n) is 21.2. The number of rotatable bonds is 4. The molecule has 1 N–H and O–H groups in total. The van der Waals surface area contributed by atoms with Gasteiger partial charge in [0, 0.05) is 73.5 Å². The highest BCUT2D eigenvalue weighted by Gasteiger charge is 2.39. The molecule has 8 nitrogen and oxygen atoms in total. The van der Waals surface area contributed by atoms with Gasteiger partial charge >= 0.3 is 0 Å². The van der Waals surface area contributed by atoms with Crippen LogP contribution in [0, 0.1) is 17.8 Å². The first-order valence-corrected chi connectivity index (χ1v) is 13.3. The molecular weight excluding hydrogens is 480 g/mol. The first-order chi connectivity index (χ1) is 18.5. The van der Waals surface area contributed by atoms with E-state index in [2.05, 4.69) is 27.0 Å². The van der Waals surface area contributed by atoms with Crippen LogP contribution in [0.5, 0.6) is 0 Å². The number of piperidine rings is 2. The minimum atomic E-state index is -0.599. The molecule has 0 aromatic heterocycles. The van der Waals surface area contributed by atoms with E-state index < -0.39 is 11.9 Å². The lowest BCUT2D eigenvalue weighted by Gasteiger charge is -2.46. The van der Waals surface area contributed by atoms with Crippen LogP contribution < -0.4 is 10.2 Å². The number of nitrogens with zero attached hydrogens (tertiary/aromatic N) is 3. The average molecular weight is 511 g/mol. The maximum Gasteiger partial charge on any atom is 0.255 e. The minimum absolute atomic E-state index is 0.160. The Morgan fingerprint density at radius 1 is 0.947 bits per heavy atom. The monoisotopic (exact) mass is 510 g/mol. The van der Waals surface area contributed by atoms with E-state index in [9.17, 15) is 19.2 Å². The van der Waals surface area contributed by atoms with Gasteiger partial charge < -0.3 is 9.80 Å². The van der Waals surface area contributed by atoms with E-state index >= 15 is 0 Å². The number of carbonyl (C=O) groups excluding carboxylic acids is 4. The van der Waals surface area contributed by atoms with E-state index in [0.29, 0.717) is 36.1 Å². The number of nitrogens with one attached hydrogen (secondary N) is 1. The number of likely N-dealkylation sites (tertiary alicyclic amines) is 1. The van der Waals surface area contributed by atoms with Gasteiger partial charge in [-0.05, 0) is 67.3 Å². The first-order valence-electron chi connectivity index (χ1n) is 13.3. The second-order valence-corrected chi connectivity index (χ2v) is 10.6. The molecular formula is C30H30N4O4. The summed E-state index contributed by atoms with van der Waals surface area (Å²) in [6, 6.07) is 13.4. The molecule has 3 amide bonds. The fourth-order valence-electron chi connectivity index (χ4n) is 5.99. The number of amides is 3. The molecule has 38 heavy (non-hydrogen) atoms. The molecule has 1 atom stereocenters. The highest BCUT2D eigenvalue weighted by atomic mass is 16.2. The molecule has 2 aromatic rings. The molecule has 1 unspecified atom stereocenters. The van der Waals surface area contributed by atoms with Gasteiger partial charge in [0.15, 0.2) is 0 Å². The molecule has 4 aliphatic rings. The molecule has 0 spiro atoms. The van der Waals surface area contributed by atoms with Crippen molar-refractivity contribution >= 4 is 29.7 Å². The number of carbonyl (C=O) groups is 4. The Hall–Kier alpha value is -3.96. The average Bonchev–Trinajstić information content (AvgIpc) is 3.23. The molecule has 3 saturated heterocycles. The van der Waals surface area contributed by atoms with Gasteiger partial charge in [-0.1, -0.05) is 11.8 Å². The van der Waals surface area contributed by atoms with Gasteiger partial charge in [-0.2, -0.15) is 0 Å². The van der Waals surface area contributed by atoms with E-state index in [1.807, 2.05) is 36.4 Å². The highest BCUT2D eigenvalue weighted by molar-refractivity contribution is 6.05. The summed E-state index contributed by atoms with van der Waals surface area (Å²) in [4.78, 5) is 54.0. The summed E-state index contributed by atoms with van der Waals surface area (Å²) in [5.74, 6) is 6.22. The number of fused-ring (bicyclic) bond motifs is 1. The third kappa shape index (κ3) is 4.70. The molecule has 4 aliphatic heterocycles. The van der Waals surface area contributed by atoms with Crippen LogP contribution in [0.25, 0.3) is 0 Å². The Labute approximate surface area is 222 Å². The largest absolute Gasteiger partial charge is 0.371 e. The van der Waals surface area contributed by atoms with Gasteiger partial charge in [0.2, 0.25) is 11.8 Å². The summed E-state index contributed by atoms with van der Waals surface area (Å²) in [5, 5.41) is 2.34. The van der Waals surface area contributed by atoms with Gasteiger partial charge in [-0.3, -0.25) is 29.4 Å². The van der Waals surface area contributed by atoms with E-state index in [4.69, 9.17) is 0 Å². The van der Waals surface area contributed by atoms with Crippen molar-refractivity contribution in [3.8, 4) is 11.8 Å². The molecule has 0 saturated carbocycles. The normalized spacial score (nSPS) is 22.4. The summed E-state index contributed by atoms with van der Waals surface area (Å²) in [5.41, 5.74) is 4.26. The summed E-state index contributed by atoms with van der Waals surface area (Å²) < 4.78 is 0. The van der Waals surface area contributed by atoms with Gasteiger partial charge in [-0.15, -0.1) is 0 Å². The van der Waals surface area contributed by atoms with Crippen LogP contribution in [0.3, 0.4) is 0 Å². The number of benzene rings is 2. The Balaban J connectivity index is 1.00. The number of imide groups is 1. The molecule has 194 valence electrons. The van der Waals surface area contributed by atoms with Crippen LogP contribution >= 0.6 is 0 Å². The Morgan fingerprint density at radius 3 is 2.42 bits per heavy atom. The van der Waals surface area contributed by atoms with Gasteiger partial charge in [0.1, 0.15) is 12.3 Å². The predicted molar refractivity (Wildman–Crippen MR) is 141 cm³/mol. The van der Waals surface area contributed by atoms with Gasteiger partial charge in [0.05, 0.1) is 0 Å². The molecule has 4 heterocycles. The van der Waals surface area contributed by atoms with Crippen molar-refractivity contribution in [2.45, 2.75) is 44.3 Å². The van der Waals surface area contributed by atoms with Crippen molar-refractivity contribution in [3.05, 3.63) is 64.7 Å². The third-order valence-corrected chi connectivity index (χ3v) is 8.23. The van der Waals surface area contributed by atoms with Crippen LogP contribution in [0.15, 0.2) is 42.5 Å². The molecule has 0 radical (unpaired) electrons. The molecule has 0 aliphatic carbocycles. The summed E-state index contributed by atoms with van der Waals surface area (Å²) in [6.45, 7) is 4.37. The Bertz CT molecular complexity index is 1340. The van der Waals surface area contributed by atoms with Crippen molar-refractivity contribution in [2.75, 3.05) is 31.1 Å². The Kier molecular flexibility index (Phi) is 6.46. The zero-order valence-corrected chi connectivity index (χ0v) is 21.2. The molecule has 2 aromatic carbocycles. The van der Waals surface area contributed by atoms with Crippen LogP contribution in [-0.2, 0) is 16.1 Å². The fraction of sp³-hybridized carbons (Fsp3) is 0.400. The summed E-state index contributed by atoms with van der Waals surface area (Å²) in [7, 11) is 0. The van der Waals surface area contributed by atoms with Gasteiger partial charge in [0.25, 0.3) is 5.91 Å². The maximum absolute atomic E-state index is 12.9. The second-order valence-electron chi connectivity index (χ2n) is 10.6. The number of anilines is 1. The maximum atomic E-state index is 12.9. The highest BCUT2D eigenvalue weighted by Crippen LogP contribution is 2.29. The van der Waals surface area contributed by atoms with Crippen LogP contribution in [0.2, 0.25) is 0 Å². The third-order valence-electron chi connectivity index (χ3n) is 8.23. The van der Waals surface area contributed by atoms with Crippen LogP contribution in [-0.4, -0.2) is 72.1 Å². The lowest BCUT2D eigenvalue weighted by atomic mass is 9.93. The van der Waals surface area contributed by atoms with Crippen molar-refractivity contribution in [1.82, 2.24) is 15.1 Å². The van der Waals surface area contributed by atoms with E-state index in [1.54, 1.807) is 11.0 Å². The van der Waals surface area contributed by atoms with E-state index in [0.717, 1.165) is 56.4 Å². The molecule has 3 fully saturated rings. The summed E-state index contributed by atoms with van der Waals surface area (Å²) in [6.07, 6.45) is 3.74. The number of aldehydes is 1. The number of hydrogen-bond acceptors (Lipinski definition) is 6. The van der Waals surface area contributed by atoms with Crippen molar-refractivity contribution < 1.29 is 19.2 Å². The van der Waals surface area contributed by atoms with E-state index in [1.165, 1.54) is 5.69 Å². The molecule has 0 bridgehead atoms. The van der Waals surface area contributed by atoms with Crippen molar-refractivity contribution in [1.29, 1.82) is 0 Å². The summed E-state index contributed by atoms with van der Waals surface area (Å²) >= 11 is 0.